The number of allylic oxidation sites excluding steroid dienone is 2. The first-order chi connectivity index (χ1) is 11.8. The number of carboxylic acid groups (broad SMARTS) is 1. The fourth-order valence-corrected chi connectivity index (χ4v) is 1.74. The summed E-state index contributed by atoms with van der Waals surface area (Å²) in [5.41, 5.74) is 1.08. The summed E-state index contributed by atoms with van der Waals surface area (Å²) < 4.78 is 81.6. The van der Waals surface area contributed by atoms with Gasteiger partial charge in [0.2, 0.25) is 0 Å². The molecule has 3 N–H and O–H groups in total. The summed E-state index contributed by atoms with van der Waals surface area (Å²) in [5.74, 6) is -1.81. The molecule has 1 aromatic carbocycles. The number of carbonyl (C=O) groups is 1. The predicted octanol–water partition coefficient (Wildman–Crippen LogP) is 3.38. The number of hydrogen-bond donors (Lipinski definition) is 2. The van der Waals surface area contributed by atoms with Gasteiger partial charge in [-0.05, 0) is 31.2 Å². The molecule has 0 radical (unpaired) electrons. The molecule has 0 amide bonds. The second-order valence-electron chi connectivity index (χ2n) is 5.01. The second-order valence-corrected chi connectivity index (χ2v) is 5.01. The van der Waals surface area contributed by atoms with Gasteiger partial charge >= 0.3 is 18.3 Å². The highest BCUT2D eigenvalue weighted by molar-refractivity contribution is 6.11. The van der Waals surface area contributed by atoms with E-state index < -0.39 is 47.0 Å². The summed E-state index contributed by atoms with van der Waals surface area (Å²) in [4.78, 5) is 14.4. The Hall–Kier alpha value is -2.72. The molecule has 26 heavy (non-hydrogen) atoms. The number of alkyl halides is 6. The van der Waals surface area contributed by atoms with E-state index in [0.717, 1.165) is 20.0 Å². The van der Waals surface area contributed by atoms with Crippen LogP contribution in [-0.2, 0) is 11.0 Å². The first-order valence-electron chi connectivity index (χ1n) is 6.89. The lowest BCUT2D eigenvalue weighted by molar-refractivity contribution is -0.144. The van der Waals surface area contributed by atoms with E-state index in [2.05, 4.69) is 4.99 Å². The number of nitrogens with two attached hydrogens (primary N) is 1. The molecule has 144 valence electrons. The summed E-state index contributed by atoms with van der Waals surface area (Å²) in [7, 11) is 1.04. The third-order valence-corrected chi connectivity index (χ3v) is 3.09. The fourth-order valence-electron chi connectivity index (χ4n) is 1.74. The molecule has 11 heteroatoms. The molecule has 0 unspecified atom stereocenters. The number of rotatable bonds is 5. The fraction of sp³-hybridized carbons (Fsp3) is 0.333. The third kappa shape index (κ3) is 5.39. The van der Waals surface area contributed by atoms with Crippen molar-refractivity contribution in [3.63, 3.8) is 0 Å². The molecule has 0 aliphatic heterocycles. The SMILES string of the molecule is CN=C(C=C(N)C(F)(F)F)c1cc(C(F)(F)F)ccc1O[C@@H](C)C(=O)O. The summed E-state index contributed by atoms with van der Waals surface area (Å²) >= 11 is 0. The monoisotopic (exact) mass is 384 g/mol. The van der Waals surface area contributed by atoms with E-state index in [9.17, 15) is 31.1 Å². The van der Waals surface area contributed by atoms with Gasteiger partial charge in [0.05, 0.1) is 11.3 Å². The van der Waals surface area contributed by atoms with Crippen LogP contribution in [0.1, 0.15) is 18.1 Å². The predicted molar refractivity (Wildman–Crippen MR) is 80.0 cm³/mol. The average Bonchev–Trinajstić information content (AvgIpc) is 2.50. The number of aliphatic carboxylic acids is 1. The minimum atomic E-state index is -4.92. The first-order valence-corrected chi connectivity index (χ1v) is 6.89. The van der Waals surface area contributed by atoms with E-state index in [4.69, 9.17) is 15.6 Å². The molecule has 0 aliphatic rings. The number of nitrogens with zero attached hydrogens (tertiary/aromatic N) is 1. The smallest absolute Gasteiger partial charge is 0.430 e. The Balaban J connectivity index is 3.54. The van der Waals surface area contributed by atoms with Crippen molar-refractivity contribution in [1.82, 2.24) is 0 Å². The van der Waals surface area contributed by atoms with Gasteiger partial charge in [-0.3, -0.25) is 4.99 Å². The summed E-state index contributed by atoms with van der Waals surface area (Å²) in [6.45, 7) is 1.10. The first kappa shape index (κ1) is 21.3. The van der Waals surface area contributed by atoms with Gasteiger partial charge in [0.1, 0.15) is 11.4 Å². The van der Waals surface area contributed by atoms with Crippen LogP contribution in [0.3, 0.4) is 0 Å². The van der Waals surface area contributed by atoms with Crippen LogP contribution in [0.2, 0.25) is 0 Å². The van der Waals surface area contributed by atoms with E-state index in [-0.39, 0.29) is 5.75 Å². The zero-order valence-electron chi connectivity index (χ0n) is 13.4. The quantitative estimate of drug-likeness (QED) is 0.602. The highest BCUT2D eigenvalue weighted by Crippen LogP contribution is 2.34. The van der Waals surface area contributed by atoms with E-state index in [1.807, 2.05) is 0 Å². The standard InChI is InChI=1S/C15H14F6N2O3/c1-7(13(24)25)26-11-4-3-8(14(16,17)18)5-9(11)10(23-2)6-12(22)15(19,20)21/h3-7H,22H2,1-2H3,(H,24,25)/t7-/m0/s1. The van der Waals surface area contributed by atoms with Gasteiger partial charge in [0.15, 0.2) is 6.10 Å². The van der Waals surface area contributed by atoms with Crippen LogP contribution in [0, 0.1) is 0 Å². The van der Waals surface area contributed by atoms with E-state index >= 15 is 0 Å². The van der Waals surface area contributed by atoms with Gasteiger partial charge in [-0.15, -0.1) is 0 Å². The maximum atomic E-state index is 12.9. The molecule has 1 aromatic rings. The molecule has 0 saturated heterocycles. The van der Waals surface area contributed by atoms with Gasteiger partial charge < -0.3 is 15.6 Å². The lowest BCUT2D eigenvalue weighted by atomic mass is 10.0. The lowest BCUT2D eigenvalue weighted by Crippen LogP contribution is -2.24. The zero-order chi connectivity index (χ0) is 20.3. The highest BCUT2D eigenvalue weighted by atomic mass is 19.4. The molecule has 0 spiro atoms. The van der Waals surface area contributed by atoms with Gasteiger partial charge in [0, 0.05) is 12.6 Å². The van der Waals surface area contributed by atoms with Gasteiger partial charge in [-0.1, -0.05) is 0 Å². The molecule has 0 aliphatic carbocycles. The third-order valence-electron chi connectivity index (χ3n) is 3.09. The van der Waals surface area contributed by atoms with Crippen molar-refractivity contribution in [1.29, 1.82) is 0 Å². The number of benzene rings is 1. The maximum Gasteiger partial charge on any atom is 0.430 e. The minimum absolute atomic E-state index is 0.341. The zero-order valence-corrected chi connectivity index (χ0v) is 13.4. The molecule has 1 rings (SSSR count). The normalized spacial score (nSPS) is 14.9. The Kier molecular flexibility index (Phi) is 6.29. The number of carboxylic acids is 1. The lowest BCUT2D eigenvalue weighted by Gasteiger charge is -2.17. The second kappa shape index (κ2) is 7.67. The largest absolute Gasteiger partial charge is 0.479 e. The highest BCUT2D eigenvalue weighted by Gasteiger charge is 2.34. The van der Waals surface area contributed by atoms with E-state index in [0.29, 0.717) is 18.2 Å². The van der Waals surface area contributed by atoms with Crippen LogP contribution in [0.15, 0.2) is 35.0 Å². The molecule has 0 bridgehead atoms. The van der Waals surface area contributed by atoms with Crippen LogP contribution < -0.4 is 10.5 Å². The molecule has 1 atom stereocenters. The van der Waals surface area contributed by atoms with Crippen molar-refractivity contribution in [3.05, 3.63) is 41.1 Å². The molecular formula is C15H14F6N2O3. The van der Waals surface area contributed by atoms with Gasteiger partial charge in [-0.25, -0.2) is 4.79 Å². The van der Waals surface area contributed by atoms with Crippen LogP contribution >= 0.6 is 0 Å². The van der Waals surface area contributed by atoms with Crippen LogP contribution in [-0.4, -0.2) is 36.1 Å². The topological polar surface area (TPSA) is 84.9 Å². The number of hydrogen-bond acceptors (Lipinski definition) is 4. The maximum absolute atomic E-state index is 12.9. The Labute approximate surface area is 143 Å². The van der Waals surface area contributed by atoms with Crippen molar-refractivity contribution in [3.8, 4) is 5.75 Å². The van der Waals surface area contributed by atoms with E-state index in [1.54, 1.807) is 0 Å². The summed E-state index contributed by atoms with van der Waals surface area (Å²) in [5, 5.41) is 8.85. The van der Waals surface area contributed by atoms with Crippen LogP contribution in [0.5, 0.6) is 5.75 Å². The molecule has 0 heterocycles. The van der Waals surface area contributed by atoms with Crippen molar-refractivity contribution in [2.24, 2.45) is 10.7 Å². The summed E-state index contributed by atoms with van der Waals surface area (Å²) in [6.07, 6.45) is -10.8. The molecule has 0 aromatic heterocycles. The summed E-state index contributed by atoms with van der Waals surface area (Å²) in [6, 6.07) is 1.92. The van der Waals surface area contributed by atoms with E-state index in [1.165, 1.54) is 0 Å². The number of aliphatic imine (C=N–C) groups is 1. The molecule has 0 fully saturated rings. The number of ether oxygens (including phenoxy) is 1. The minimum Gasteiger partial charge on any atom is -0.479 e. The average molecular weight is 384 g/mol. The Morgan fingerprint density at radius 2 is 1.85 bits per heavy atom. The molecule has 0 saturated carbocycles. The molecule has 5 nitrogen and oxygen atoms in total. The Morgan fingerprint density at radius 1 is 1.27 bits per heavy atom. The van der Waals surface area contributed by atoms with Crippen molar-refractivity contribution in [2.75, 3.05) is 7.05 Å². The van der Waals surface area contributed by atoms with Crippen LogP contribution in [0.4, 0.5) is 26.3 Å². The van der Waals surface area contributed by atoms with Crippen molar-refractivity contribution >= 4 is 11.7 Å². The van der Waals surface area contributed by atoms with Crippen molar-refractivity contribution in [2.45, 2.75) is 25.4 Å². The molecular weight excluding hydrogens is 370 g/mol. The van der Waals surface area contributed by atoms with Gasteiger partial charge in [-0.2, -0.15) is 26.3 Å². The number of halogens is 6. The Morgan fingerprint density at radius 3 is 2.27 bits per heavy atom. The van der Waals surface area contributed by atoms with Gasteiger partial charge in [0.25, 0.3) is 0 Å². The Bertz CT molecular complexity index is 738. The van der Waals surface area contributed by atoms with Crippen molar-refractivity contribution < 1.29 is 41.0 Å². The van der Waals surface area contributed by atoms with Crippen LogP contribution in [0.25, 0.3) is 0 Å².